The molecule has 0 aliphatic rings. The van der Waals surface area contributed by atoms with Crippen molar-refractivity contribution >= 4 is 22.5 Å². The second-order valence-corrected chi connectivity index (χ2v) is 5.38. The Labute approximate surface area is 127 Å². The van der Waals surface area contributed by atoms with Gasteiger partial charge in [-0.05, 0) is 48.7 Å². The monoisotopic (exact) mass is 300 g/mol. The van der Waals surface area contributed by atoms with Crippen molar-refractivity contribution < 1.29 is 4.39 Å². The van der Waals surface area contributed by atoms with Crippen LogP contribution in [-0.2, 0) is 6.42 Å². The zero-order valence-electron chi connectivity index (χ0n) is 11.8. The first kappa shape index (κ1) is 14.0. The van der Waals surface area contributed by atoms with Gasteiger partial charge in [0.25, 0.3) is 0 Å². The van der Waals surface area contributed by atoms with E-state index in [0.29, 0.717) is 16.5 Å². The summed E-state index contributed by atoms with van der Waals surface area (Å²) in [6, 6.07) is 10.6. The molecule has 0 spiro atoms. The number of aryl methyl sites for hydroxylation is 2. The number of aromatic nitrogens is 2. The van der Waals surface area contributed by atoms with Crippen LogP contribution in [-0.4, -0.2) is 9.97 Å². The lowest BCUT2D eigenvalue weighted by molar-refractivity contribution is 0.627. The lowest BCUT2D eigenvalue weighted by atomic mass is 10.1. The molecule has 0 fully saturated rings. The van der Waals surface area contributed by atoms with Crippen LogP contribution in [0.1, 0.15) is 18.1 Å². The Kier molecular flexibility index (Phi) is 3.60. The fourth-order valence-corrected chi connectivity index (χ4v) is 2.69. The van der Waals surface area contributed by atoms with Crippen molar-refractivity contribution in [1.82, 2.24) is 9.97 Å². The summed E-state index contributed by atoms with van der Waals surface area (Å²) in [6.07, 6.45) is 0.853. The molecule has 0 aliphatic heterocycles. The molecular formula is C17H14ClFN2. The van der Waals surface area contributed by atoms with Crippen LogP contribution in [0.4, 0.5) is 4.39 Å². The summed E-state index contributed by atoms with van der Waals surface area (Å²) in [5, 5.41) is 1.22. The first-order valence-corrected chi connectivity index (χ1v) is 7.19. The minimum Gasteiger partial charge on any atom is -0.228 e. The summed E-state index contributed by atoms with van der Waals surface area (Å²) in [7, 11) is 0. The van der Waals surface area contributed by atoms with E-state index in [1.807, 2.05) is 31.2 Å². The molecule has 1 aromatic heterocycles. The summed E-state index contributed by atoms with van der Waals surface area (Å²) in [5.41, 5.74) is 3.40. The van der Waals surface area contributed by atoms with E-state index < -0.39 is 0 Å². The van der Waals surface area contributed by atoms with Gasteiger partial charge >= 0.3 is 0 Å². The smallest absolute Gasteiger partial charge is 0.161 e. The van der Waals surface area contributed by atoms with Gasteiger partial charge in [0, 0.05) is 10.9 Å². The van der Waals surface area contributed by atoms with Crippen LogP contribution in [0, 0.1) is 12.7 Å². The van der Waals surface area contributed by atoms with Gasteiger partial charge in [-0.1, -0.05) is 30.7 Å². The molecule has 0 atom stereocenters. The number of halogens is 2. The molecule has 0 radical (unpaired) electrons. The molecule has 3 rings (SSSR count). The summed E-state index contributed by atoms with van der Waals surface area (Å²) in [4.78, 5) is 8.91. The molecule has 0 unspecified atom stereocenters. The van der Waals surface area contributed by atoms with Crippen molar-refractivity contribution in [1.29, 1.82) is 0 Å². The number of nitrogens with zero attached hydrogens (tertiary/aromatic N) is 2. The van der Waals surface area contributed by atoms with E-state index in [4.69, 9.17) is 11.6 Å². The molecule has 2 nitrogen and oxygen atoms in total. The van der Waals surface area contributed by atoms with Crippen LogP contribution < -0.4 is 0 Å². The SMILES string of the molecule is CCc1cccc2c(Cl)nc(-c3cc(C)cc(F)c3)nc12. The molecule has 0 bridgehead atoms. The second kappa shape index (κ2) is 5.41. The van der Waals surface area contributed by atoms with E-state index in [0.717, 1.165) is 28.5 Å². The van der Waals surface area contributed by atoms with Gasteiger partial charge in [0.1, 0.15) is 11.0 Å². The molecule has 0 N–H and O–H groups in total. The van der Waals surface area contributed by atoms with Crippen molar-refractivity contribution in [2.45, 2.75) is 20.3 Å². The van der Waals surface area contributed by atoms with Crippen molar-refractivity contribution in [3.63, 3.8) is 0 Å². The molecule has 106 valence electrons. The second-order valence-electron chi connectivity index (χ2n) is 5.02. The number of hydrogen-bond donors (Lipinski definition) is 0. The van der Waals surface area contributed by atoms with Gasteiger partial charge in [0.2, 0.25) is 0 Å². The van der Waals surface area contributed by atoms with E-state index in [1.165, 1.54) is 12.1 Å². The fraction of sp³-hybridized carbons (Fsp3) is 0.176. The molecule has 3 aromatic rings. The standard InChI is InChI=1S/C17H14ClFN2/c1-3-11-5-4-6-14-15(11)20-17(21-16(14)18)12-7-10(2)8-13(19)9-12/h4-9H,3H2,1-2H3. The number of benzene rings is 2. The summed E-state index contributed by atoms with van der Waals surface area (Å²) < 4.78 is 13.6. The highest BCUT2D eigenvalue weighted by molar-refractivity contribution is 6.34. The van der Waals surface area contributed by atoms with Crippen LogP contribution in [0.25, 0.3) is 22.3 Å². The van der Waals surface area contributed by atoms with Gasteiger partial charge in [0.05, 0.1) is 5.52 Å². The van der Waals surface area contributed by atoms with Crippen LogP contribution in [0.15, 0.2) is 36.4 Å². The first-order chi connectivity index (χ1) is 10.1. The Bertz CT molecular complexity index is 810. The van der Waals surface area contributed by atoms with E-state index in [2.05, 4.69) is 16.9 Å². The highest BCUT2D eigenvalue weighted by Gasteiger charge is 2.11. The Hall–Kier alpha value is -2.00. The normalized spacial score (nSPS) is 11.0. The fourth-order valence-electron chi connectivity index (χ4n) is 2.45. The molecule has 4 heteroatoms. The molecular weight excluding hydrogens is 287 g/mol. The van der Waals surface area contributed by atoms with Crippen molar-refractivity contribution in [2.24, 2.45) is 0 Å². The third kappa shape index (κ3) is 2.61. The van der Waals surface area contributed by atoms with E-state index in [1.54, 1.807) is 0 Å². The van der Waals surface area contributed by atoms with Crippen molar-refractivity contribution in [3.8, 4) is 11.4 Å². The van der Waals surface area contributed by atoms with Crippen LogP contribution in [0.2, 0.25) is 5.15 Å². The summed E-state index contributed by atoms with van der Waals surface area (Å²) in [5.74, 6) is 0.157. The Morgan fingerprint density at radius 1 is 1.14 bits per heavy atom. The van der Waals surface area contributed by atoms with E-state index >= 15 is 0 Å². The predicted octanol–water partition coefficient (Wildman–Crippen LogP) is 4.96. The minimum absolute atomic E-state index is 0.298. The van der Waals surface area contributed by atoms with Gasteiger partial charge < -0.3 is 0 Å². The van der Waals surface area contributed by atoms with Gasteiger partial charge in [-0.2, -0.15) is 0 Å². The van der Waals surface area contributed by atoms with Gasteiger partial charge in [-0.15, -0.1) is 0 Å². The lowest BCUT2D eigenvalue weighted by Crippen LogP contribution is -1.96. The zero-order chi connectivity index (χ0) is 15.0. The Morgan fingerprint density at radius 2 is 1.95 bits per heavy atom. The number of rotatable bonds is 2. The number of fused-ring (bicyclic) bond motifs is 1. The van der Waals surface area contributed by atoms with Crippen molar-refractivity contribution in [3.05, 3.63) is 58.5 Å². The number of hydrogen-bond acceptors (Lipinski definition) is 2. The van der Waals surface area contributed by atoms with Crippen molar-refractivity contribution in [2.75, 3.05) is 0 Å². The van der Waals surface area contributed by atoms with Gasteiger partial charge in [-0.25, -0.2) is 14.4 Å². The summed E-state index contributed by atoms with van der Waals surface area (Å²) in [6.45, 7) is 3.91. The van der Waals surface area contributed by atoms with Crippen LogP contribution >= 0.6 is 11.6 Å². The predicted molar refractivity (Wildman–Crippen MR) is 84.1 cm³/mol. The molecule has 0 amide bonds. The lowest BCUT2D eigenvalue weighted by Gasteiger charge is -2.08. The van der Waals surface area contributed by atoms with E-state index in [9.17, 15) is 4.39 Å². The molecule has 1 heterocycles. The zero-order valence-corrected chi connectivity index (χ0v) is 12.6. The maximum Gasteiger partial charge on any atom is 0.161 e. The highest BCUT2D eigenvalue weighted by Crippen LogP contribution is 2.27. The minimum atomic E-state index is -0.298. The average molecular weight is 301 g/mol. The Morgan fingerprint density at radius 3 is 2.67 bits per heavy atom. The third-order valence-corrected chi connectivity index (χ3v) is 3.73. The average Bonchev–Trinajstić information content (AvgIpc) is 2.45. The quantitative estimate of drug-likeness (QED) is 0.625. The summed E-state index contributed by atoms with van der Waals surface area (Å²) >= 11 is 6.28. The molecule has 2 aromatic carbocycles. The molecule has 21 heavy (non-hydrogen) atoms. The largest absolute Gasteiger partial charge is 0.228 e. The first-order valence-electron chi connectivity index (χ1n) is 6.81. The number of para-hydroxylation sites is 1. The van der Waals surface area contributed by atoms with Gasteiger partial charge in [0.15, 0.2) is 5.82 Å². The highest BCUT2D eigenvalue weighted by atomic mass is 35.5. The topological polar surface area (TPSA) is 25.8 Å². The maximum absolute atomic E-state index is 13.6. The van der Waals surface area contributed by atoms with Crippen LogP contribution in [0.5, 0.6) is 0 Å². The molecule has 0 saturated carbocycles. The van der Waals surface area contributed by atoms with Gasteiger partial charge in [-0.3, -0.25) is 0 Å². The Balaban J connectivity index is 2.29. The molecule has 0 saturated heterocycles. The van der Waals surface area contributed by atoms with Crippen LogP contribution in [0.3, 0.4) is 0 Å². The molecule has 0 aliphatic carbocycles. The van der Waals surface area contributed by atoms with E-state index in [-0.39, 0.29) is 5.82 Å². The third-order valence-electron chi connectivity index (χ3n) is 3.44. The maximum atomic E-state index is 13.6.